The minimum atomic E-state index is -1.07. The Balaban J connectivity index is 2.03. The van der Waals surface area contributed by atoms with E-state index in [1.807, 2.05) is 13.8 Å². The Kier molecular flexibility index (Phi) is 4.70. The third-order valence-electron chi connectivity index (χ3n) is 3.57. The predicted molar refractivity (Wildman–Crippen MR) is 72.0 cm³/mol. The second-order valence-corrected chi connectivity index (χ2v) is 5.99. The third-order valence-corrected chi connectivity index (χ3v) is 3.57. The van der Waals surface area contributed by atoms with Crippen molar-refractivity contribution in [3.63, 3.8) is 0 Å². The number of urea groups is 1. The molecule has 0 aromatic rings. The molecule has 21 heavy (non-hydrogen) atoms. The Hall–Kier alpha value is -1.38. The number of aliphatic carboxylic acids is 1. The van der Waals surface area contributed by atoms with Gasteiger partial charge < -0.3 is 29.5 Å². The number of hydrogen-bond acceptors (Lipinski definition) is 5. The van der Waals surface area contributed by atoms with Crippen LogP contribution in [0.25, 0.3) is 0 Å². The van der Waals surface area contributed by atoms with Crippen molar-refractivity contribution in [2.75, 3.05) is 39.4 Å². The van der Waals surface area contributed by atoms with Crippen LogP contribution in [0.4, 0.5) is 4.79 Å². The van der Waals surface area contributed by atoms with Gasteiger partial charge in [0.05, 0.1) is 44.6 Å². The Morgan fingerprint density at radius 3 is 2.62 bits per heavy atom. The summed E-state index contributed by atoms with van der Waals surface area (Å²) in [6, 6.07) is -0.237. The highest BCUT2D eigenvalue weighted by molar-refractivity contribution is 5.77. The molecule has 2 saturated heterocycles. The van der Waals surface area contributed by atoms with E-state index in [-0.39, 0.29) is 25.8 Å². The van der Waals surface area contributed by atoms with E-state index in [1.165, 1.54) is 4.90 Å². The first-order chi connectivity index (χ1) is 9.82. The van der Waals surface area contributed by atoms with Crippen LogP contribution in [0, 0.1) is 0 Å². The zero-order valence-electron chi connectivity index (χ0n) is 12.3. The van der Waals surface area contributed by atoms with Crippen molar-refractivity contribution in [3.05, 3.63) is 0 Å². The highest BCUT2D eigenvalue weighted by atomic mass is 16.5. The number of rotatable bonds is 2. The molecule has 0 aliphatic carbocycles. The average molecular weight is 302 g/mol. The molecule has 0 bridgehead atoms. The number of carbonyl (C=O) groups is 2. The second kappa shape index (κ2) is 6.17. The Morgan fingerprint density at radius 1 is 1.29 bits per heavy atom. The van der Waals surface area contributed by atoms with Crippen LogP contribution in [0.5, 0.6) is 0 Å². The van der Waals surface area contributed by atoms with Crippen LogP contribution < -0.4 is 0 Å². The standard InChI is InChI=1S/C13H22N2O6/c1-13(2)8-15(5-9(7-16)21-13)12(19)14-3-4-20-10(6-14)11(17)18/h9-10,16H,3-8H2,1-2H3,(H,17,18). The molecule has 2 rings (SSSR count). The highest BCUT2D eigenvalue weighted by Gasteiger charge is 2.38. The lowest BCUT2D eigenvalue weighted by atomic mass is 10.1. The minimum Gasteiger partial charge on any atom is -0.479 e. The zero-order chi connectivity index (χ0) is 15.6. The summed E-state index contributed by atoms with van der Waals surface area (Å²) < 4.78 is 10.8. The maximum absolute atomic E-state index is 12.5. The van der Waals surface area contributed by atoms with E-state index >= 15 is 0 Å². The van der Waals surface area contributed by atoms with E-state index in [2.05, 4.69) is 0 Å². The summed E-state index contributed by atoms with van der Waals surface area (Å²) in [5.74, 6) is -1.07. The van der Waals surface area contributed by atoms with Gasteiger partial charge in [0.15, 0.2) is 6.10 Å². The number of morpholine rings is 2. The van der Waals surface area contributed by atoms with Crippen molar-refractivity contribution < 1.29 is 29.3 Å². The van der Waals surface area contributed by atoms with Gasteiger partial charge in [0.25, 0.3) is 0 Å². The monoisotopic (exact) mass is 302 g/mol. The van der Waals surface area contributed by atoms with Crippen LogP contribution in [-0.4, -0.2) is 89.2 Å². The Morgan fingerprint density at radius 2 is 2.00 bits per heavy atom. The van der Waals surface area contributed by atoms with Gasteiger partial charge in [-0.1, -0.05) is 0 Å². The summed E-state index contributed by atoms with van der Waals surface area (Å²) in [7, 11) is 0. The molecular weight excluding hydrogens is 280 g/mol. The predicted octanol–water partition coefficient (Wildman–Crippen LogP) is -0.636. The first-order valence-corrected chi connectivity index (χ1v) is 6.99. The number of hydrogen-bond donors (Lipinski definition) is 2. The third kappa shape index (κ3) is 3.84. The van der Waals surface area contributed by atoms with Crippen LogP contribution >= 0.6 is 0 Å². The molecule has 2 unspecified atom stereocenters. The van der Waals surface area contributed by atoms with Gasteiger partial charge in [0, 0.05) is 6.54 Å². The summed E-state index contributed by atoms with van der Waals surface area (Å²) in [6.45, 7) is 4.86. The topological polar surface area (TPSA) is 99.5 Å². The van der Waals surface area contributed by atoms with Crippen molar-refractivity contribution >= 4 is 12.0 Å². The minimum absolute atomic E-state index is 0.0374. The Labute approximate surface area is 123 Å². The quantitative estimate of drug-likeness (QED) is 0.704. The molecule has 0 radical (unpaired) electrons. The van der Waals surface area contributed by atoms with Gasteiger partial charge in [-0.2, -0.15) is 0 Å². The zero-order valence-corrected chi connectivity index (χ0v) is 12.3. The number of nitrogens with zero attached hydrogens (tertiary/aromatic N) is 2. The largest absolute Gasteiger partial charge is 0.479 e. The van der Waals surface area contributed by atoms with E-state index in [4.69, 9.17) is 14.6 Å². The maximum atomic E-state index is 12.5. The first-order valence-electron chi connectivity index (χ1n) is 6.99. The second-order valence-electron chi connectivity index (χ2n) is 5.99. The van der Waals surface area contributed by atoms with E-state index in [0.717, 1.165) is 0 Å². The van der Waals surface area contributed by atoms with Gasteiger partial charge in [-0.05, 0) is 13.8 Å². The van der Waals surface area contributed by atoms with E-state index < -0.39 is 23.8 Å². The smallest absolute Gasteiger partial charge is 0.334 e. The summed E-state index contributed by atoms with van der Waals surface area (Å²) >= 11 is 0. The number of aliphatic hydroxyl groups is 1. The van der Waals surface area contributed by atoms with Crippen LogP contribution in [0.3, 0.4) is 0 Å². The van der Waals surface area contributed by atoms with Crippen LogP contribution in [0.1, 0.15) is 13.8 Å². The van der Waals surface area contributed by atoms with Crippen molar-refractivity contribution in [1.29, 1.82) is 0 Å². The number of carbonyl (C=O) groups excluding carboxylic acids is 1. The lowest BCUT2D eigenvalue weighted by Crippen LogP contribution is -2.60. The molecule has 8 nitrogen and oxygen atoms in total. The van der Waals surface area contributed by atoms with Crippen molar-refractivity contribution in [2.24, 2.45) is 0 Å². The lowest BCUT2D eigenvalue weighted by Gasteiger charge is -2.44. The van der Waals surface area contributed by atoms with E-state index in [1.54, 1.807) is 4.90 Å². The molecule has 2 atom stereocenters. The summed E-state index contributed by atoms with van der Waals surface area (Å²) in [4.78, 5) is 26.6. The molecule has 2 fully saturated rings. The molecule has 2 aliphatic heterocycles. The van der Waals surface area contributed by atoms with Gasteiger partial charge in [0.1, 0.15) is 0 Å². The molecule has 8 heteroatoms. The Bertz CT molecular complexity index is 413. The molecule has 2 N–H and O–H groups in total. The summed E-state index contributed by atoms with van der Waals surface area (Å²) in [6.07, 6.45) is -1.40. The number of ether oxygens (including phenoxy) is 2. The maximum Gasteiger partial charge on any atom is 0.334 e. The molecule has 0 aromatic heterocycles. The average Bonchev–Trinajstić information content (AvgIpc) is 2.44. The van der Waals surface area contributed by atoms with E-state index in [9.17, 15) is 14.7 Å². The SMILES string of the molecule is CC1(C)CN(C(=O)N2CCOC(C(=O)O)C2)CC(CO)O1. The molecule has 0 aromatic carbocycles. The number of aliphatic hydroxyl groups excluding tert-OH is 1. The molecule has 120 valence electrons. The fourth-order valence-corrected chi connectivity index (χ4v) is 2.71. The fraction of sp³-hybridized carbons (Fsp3) is 0.846. The number of carboxylic acids is 1. The van der Waals surface area contributed by atoms with Crippen LogP contribution in [0.2, 0.25) is 0 Å². The number of carboxylic acid groups (broad SMARTS) is 1. The van der Waals surface area contributed by atoms with Gasteiger partial charge >= 0.3 is 12.0 Å². The van der Waals surface area contributed by atoms with Gasteiger partial charge in [-0.3, -0.25) is 0 Å². The molecule has 0 spiro atoms. The van der Waals surface area contributed by atoms with Crippen molar-refractivity contribution in [1.82, 2.24) is 9.80 Å². The first kappa shape index (κ1) is 16.0. The number of amides is 2. The van der Waals surface area contributed by atoms with Gasteiger partial charge in [-0.15, -0.1) is 0 Å². The van der Waals surface area contributed by atoms with Crippen molar-refractivity contribution in [2.45, 2.75) is 31.7 Å². The summed E-state index contributed by atoms with van der Waals surface area (Å²) in [5.41, 5.74) is -0.542. The van der Waals surface area contributed by atoms with Crippen LogP contribution in [0.15, 0.2) is 0 Å². The van der Waals surface area contributed by atoms with E-state index in [0.29, 0.717) is 19.6 Å². The van der Waals surface area contributed by atoms with Gasteiger partial charge in [-0.25, -0.2) is 9.59 Å². The normalized spacial score (nSPS) is 29.3. The van der Waals surface area contributed by atoms with Crippen LogP contribution in [-0.2, 0) is 14.3 Å². The molecule has 2 amide bonds. The molecular formula is C13H22N2O6. The summed E-state index contributed by atoms with van der Waals surface area (Å²) in [5, 5.41) is 18.3. The highest BCUT2D eigenvalue weighted by Crippen LogP contribution is 2.22. The van der Waals surface area contributed by atoms with Gasteiger partial charge in [0.2, 0.25) is 0 Å². The lowest BCUT2D eigenvalue weighted by molar-refractivity contribution is -0.156. The molecule has 0 saturated carbocycles. The molecule has 2 aliphatic rings. The molecule has 2 heterocycles. The van der Waals surface area contributed by atoms with Crippen molar-refractivity contribution in [3.8, 4) is 0 Å². The fourth-order valence-electron chi connectivity index (χ4n) is 2.71.